The van der Waals surface area contributed by atoms with Gasteiger partial charge in [0, 0.05) is 21.8 Å². The molecule has 92 valence electrons. The SMILES string of the molecule is Cc1nc(C(C)N[C@@H](C)c2cccs2)c(C)s1. The van der Waals surface area contributed by atoms with Gasteiger partial charge in [0.25, 0.3) is 0 Å². The highest BCUT2D eigenvalue weighted by Gasteiger charge is 2.16. The Kier molecular flexibility index (Phi) is 3.97. The highest BCUT2D eigenvalue weighted by molar-refractivity contribution is 7.11. The molecule has 2 atom stereocenters. The summed E-state index contributed by atoms with van der Waals surface area (Å²) in [5, 5.41) is 6.88. The van der Waals surface area contributed by atoms with Crippen LogP contribution in [0.2, 0.25) is 0 Å². The van der Waals surface area contributed by atoms with Crippen LogP contribution in [0.5, 0.6) is 0 Å². The van der Waals surface area contributed by atoms with Crippen LogP contribution in [0.4, 0.5) is 0 Å². The molecule has 0 aliphatic carbocycles. The molecule has 0 fully saturated rings. The zero-order chi connectivity index (χ0) is 12.4. The number of nitrogens with zero attached hydrogens (tertiary/aromatic N) is 1. The quantitative estimate of drug-likeness (QED) is 0.895. The Bertz CT molecular complexity index is 474. The molecule has 0 aromatic carbocycles. The largest absolute Gasteiger partial charge is 0.301 e. The van der Waals surface area contributed by atoms with E-state index in [4.69, 9.17) is 0 Å². The molecule has 2 nitrogen and oxygen atoms in total. The van der Waals surface area contributed by atoms with Crippen molar-refractivity contribution in [1.29, 1.82) is 0 Å². The maximum absolute atomic E-state index is 4.60. The van der Waals surface area contributed by atoms with Gasteiger partial charge in [0.05, 0.1) is 10.7 Å². The minimum atomic E-state index is 0.303. The predicted octanol–water partition coefficient (Wildman–Crippen LogP) is 4.23. The van der Waals surface area contributed by atoms with Crippen LogP contribution in [0.25, 0.3) is 0 Å². The molecule has 2 aromatic rings. The van der Waals surface area contributed by atoms with Crippen LogP contribution in [0, 0.1) is 13.8 Å². The van der Waals surface area contributed by atoms with Gasteiger partial charge in [-0.2, -0.15) is 0 Å². The highest BCUT2D eigenvalue weighted by Crippen LogP contribution is 2.26. The lowest BCUT2D eigenvalue weighted by Gasteiger charge is -2.18. The van der Waals surface area contributed by atoms with E-state index < -0.39 is 0 Å². The van der Waals surface area contributed by atoms with Crippen molar-refractivity contribution in [2.75, 3.05) is 0 Å². The predicted molar refractivity (Wildman–Crippen MR) is 75.9 cm³/mol. The van der Waals surface area contributed by atoms with E-state index >= 15 is 0 Å². The molecule has 1 N–H and O–H groups in total. The van der Waals surface area contributed by atoms with Gasteiger partial charge < -0.3 is 5.32 Å². The van der Waals surface area contributed by atoms with Gasteiger partial charge in [-0.1, -0.05) is 6.07 Å². The van der Waals surface area contributed by atoms with Crippen LogP contribution in [-0.4, -0.2) is 4.98 Å². The third kappa shape index (κ3) is 2.94. The van der Waals surface area contributed by atoms with Crippen LogP contribution >= 0.6 is 22.7 Å². The van der Waals surface area contributed by atoms with Gasteiger partial charge in [-0.05, 0) is 39.1 Å². The summed E-state index contributed by atoms with van der Waals surface area (Å²) in [5.41, 5.74) is 1.19. The second-order valence-corrected chi connectivity index (χ2v) is 6.69. The lowest BCUT2D eigenvalue weighted by molar-refractivity contribution is 0.491. The molecule has 17 heavy (non-hydrogen) atoms. The molecule has 0 amide bonds. The molecule has 2 aromatic heterocycles. The number of nitrogens with one attached hydrogen (secondary N) is 1. The van der Waals surface area contributed by atoms with Gasteiger partial charge in [0.15, 0.2) is 0 Å². The van der Waals surface area contributed by atoms with Gasteiger partial charge in [0.1, 0.15) is 0 Å². The van der Waals surface area contributed by atoms with Crippen LogP contribution < -0.4 is 5.32 Å². The van der Waals surface area contributed by atoms with E-state index in [-0.39, 0.29) is 0 Å². The lowest BCUT2D eigenvalue weighted by atomic mass is 10.1. The average molecular weight is 266 g/mol. The third-order valence-electron chi connectivity index (χ3n) is 2.82. The molecular formula is C13H18N2S2. The Labute approximate surface area is 111 Å². The normalized spacial score (nSPS) is 14.8. The second kappa shape index (κ2) is 5.29. The minimum Gasteiger partial charge on any atom is -0.301 e. The summed E-state index contributed by atoms with van der Waals surface area (Å²) in [5.74, 6) is 0. The number of aryl methyl sites for hydroxylation is 2. The molecular weight excluding hydrogens is 248 g/mol. The first kappa shape index (κ1) is 12.7. The summed E-state index contributed by atoms with van der Waals surface area (Å²) >= 11 is 3.57. The summed E-state index contributed by atoms with van der Waals surface area (Å²) in [6.45, 7) is 8.60. The first-order valence-corrected chi connectivity index (χ1v) is 7.51. The van der Waals surface area contributed by atoms with Crippen molar-refractivity contribution in [2.45, 2.75) is 39.8 Å². The van der Waals surface area contributed by atoms with E-state index in [0.717, 1.165) is 5.01 Å². The number of hydrogen-bond acceptors (Lipinski definition) is 4. The van der Waals surface area contributed by atoms with Gasteiger partial charge in [-0.3, -0.25) is 0 Å². The molecule has 0 saturated heterocycles. The zero-order valence-corrected chi connectivity index (χ0v) is 12.3. The first-order chi connectivity index (χ1) is 8.08. The lowest BCUT2D eigenvalue weighted by Crippen LogP contribution is -2.22. The molecule has 0 radical (unpaired) electrons. The van der Waals surface area contributed by atoms with Crippen molar-refractivity contribution in [3.05, 3.63) is 38.0 Å². The molecule has 0 saturated carbocycles. The Balaban J connectivity index is 2.06. The number of aromatic nitrogens is 1. The van der Waals surface area contributed by atoms with Crippen molar-refractivity contribution < 1.29 is 0 Å². The number of hydrogen-bond donors (Lipinski definition) is 1. The van der Waals surface area contributed by atoms with Gasteiger partial charge >= 0.3 is 0 Å². The maximum atomic E-state index is 4.60. The molecule has 1 unspecified atom stereocenters. The van der Waals surface area contributed by atoms with Crippen molar-refractivity contribution in [3.63, 3.8) is 0 Å². The Hall–Kier alpha value is -0.710. The van der Waals surface area contributed by atoms with E-state index in [1.54, 1.807) is 22.7 Å². The van der Waals surface area contributed by atoms with Crippen molar-refractivity contribution in [1.82, 2.24) is 10.3 Å². The number of rotatable bonds is 4. The summed E-state index contributed by atoms with van der Waals surface area (Å²) in [4.78, 5) is 7.30. The summed E-state index contributed by atoms with van der Waals surface area (Å²) in [7, 11) is 0. The first-order valence-electron chi connectivity index (χ1n) is 5.81. The van der Waals surface area contributed by atoms with Gasteiger partial charge in [-0.25, -0.2) is 4.98 Å². The monoisotopic (exact) mass is 266 g/mol. The third-order valence-corrected chi connectivity index (χ3v) is 4.78. The highest BCUT2D eigenvalue weighted by atomic mass is 32.1. The molecule has 2 rings (SSSR count). The fourth-order valence-corrected chi connectivity index (χ4v) is 3.68. The smallest absolute Gasteiger partial charge is 0.0900 e. The second-order valence-electron chi connectivity index (χ2n) is 4.30. The molecule has 0 aliphatic rings. The summed E-state index contributed by atoms with van der Waals surface area (Å²) < 4.78 is 0. The van der Waals surface area contributed by atoms with Gasteiger partial charge in [-0.15, -0.1) is 22.7 Å². The standard InChI is InChI=1S/C13H18N2S2/c1-8(12-6-5-7-16-12)14-9(2)13-10(3)17-11(4)15-13/h5-9,14H,1-4H3/t8-,9?/m0/s1. The van der Waals surface area contributed by atoms with Crippen molar-refractivity contribution >= 4 is 22.7 Å². The van der Waals surface area contributed by atoms with E-state index in [1.165, 1.54) is 15.4 Å². The maximum Gasteiger partial charge on any atom is 0.0900 e. The average Bonchev–Trinajstić information content (AvgIpc) is 2.87. The van der Waals surface area contributed by atoms with Crippen LogP contribution in [0.1, 0.15) is 46.4 Å². The van der Waals surface area contributed by atoms with Crippen LogP contribution in [0.15, 0.2) is 17.5 Å². The number of thiazole rings is 1. The fourth-order valence-electron chi connectivity index (χ4n) is 2.02. The van der Waals surface area contributed by atoms with E-state index in [9.17, 15) is 0 Å². The van der Waals surface area contributed by atoms with Crippen LogP contribution in [-0.2, 0) is 0 Å². The molecule has 0 spiro atoms. The van der Waals surface area contributed by atoms with Crippen LogP contribution in [0.3, 0.4) is 0 Å². The zero-order valence-electron chi connectivity index (χ0n) is 10.7. The Morgan fingerprint density at radius 1 is 1.24 bits per heavy atom. The van der Waals surface area contributed by atoms with Crippen molar-refractivity contribution in [3.8, 4) is 0 Å². The molecule has 4 heteroatoms. The fraction of sp³-hybridized carbons (Fsp3) is 0.462. The summed E-state index contributed by atoms with van der Waals surface area (Å²) in [6, 6.07) is 4.96. The van der Waals surface area contributed by atoms with E-state index in [0.29, 0.717) is 12.1 Å². The molecule has 2 heterocycles. The Morgan fingerprint density at radius 3 is 2.53 bits per heavy atom. The number of thiophene rings is 1. The summed E-state index contributed by atoms with van der Waals surface area (Å²) in [6.07, 6.45) is 0. The van der Waals surface area contributed by atoms with E-state index in [2.05, 4.69) is 55.5 Å². The molecule has 0 aliphatic heterocycles. The minimum absolute atomic E-state index is 0.303. The van der Waals surface area contributed by atoms with Gasteiger partial charge in [0.2, 0.25) is 0 Å². The Morgan fingerprint density at radius 2 is 2.00 bits per heavy atom. The van der Waals surface area contributed by atoms with Crippen molar-refractivity contribution in [2.24, 2.45) is 0 Å². The van der Waals surface area contributed by atoms with E-state index in [1.807, 2.05) is 0 Å². The molecule has 0 bridgehead atoms. The topological polar surface area (TPSA) is 24.9 Å².